The molecule has 0 aliphatic carbocycles. The summed E-state index contributed by atoms with van der Waals surface area (Å²) in [7, 11) is 0. The number of carbonyl (C=O) groups excluding carboxylic acids is 1. The van der Waals surface area contributed by atoms with Crippen molar-refractivity contribution < 1.29 is 19.7 Å². The molecule has 11 N–H and O–H groups in total. The third-order valence-electron chi connectivity index (χ3n) is 6.86. The van der Waals surface area contributed by atoms with Crippen LogP contribution in [-0.4, -0.2) is 147 Å². The van der Waals surface area contributed by atoms with Gasteiger partial charge in [0, 0.05) is 65.4 Å². The highest BCUT2D eigenvalue weighted by Crippen LogP contribution is 2.06. The Bertz CT molecular complexity index is 556. The van der Waals surface area contributed by atoms with E-state index in [1.54, 1.807) is 6.92 Å². The Labute approximate surface area is 237 Å². The molecular weight excluding hydrogens is 500 g/mol. The quantitative estimate of drug-likeness (QED) is 0.0424. The lowest BCUT2D eigenvalue weighted by molar-refractivity contribution is -0.156. The number of nitrogens with one attached hydrogen (secondary N) is 1. The molecule has 0 amide bonds. The standard InChI is InChI=1S/C27H62N8O4/c1-24(36)27(38)25(2)39-26(37)23-32-13-20-34(17-10-29)16-8-4-7-15-33(14-6-3-5-9-28)21-22-35(18-11-30)19-12-31/h24-25,27,32,36,38H,3-23,28-31H2,1-2H3/t24-,25+,27-/m1/s1. The third-order valence-corrected chi connectivity index (χ3v) is 6.86. The lowest BCUT2D eigenvalue weighted by atomic mass is 10.1. The Morgan fingerprint density at radius 3 is 1.59 bits per heavy atom. The molecule has 12 heteroatoms. The zero-order chi connectivity index (χ0) is 29.3. The van der Waals surface area contributed by atoms with Crippen molar-refractivity contribution in [2.75, 3.05) is 98.2 Å². The van der Waals surface area contributed by atoms with Crippen molar-refractivity contribution in [2.45, 2.75) is 70.7 Å². The SMILES string of the molecule is C[C@H](OC(=O)CNCCN(CCN)CCCCCN(CCCCCN)CCN(CCN)CCN)[C@H](O)[C@@H](C)O. The maximum Gasteiger partial charge on any atom is 0.320 e. The van der Waals surface area contributed by atoms with Crippen LogP contribution in [0, 0.1) is 0 Å². The number of ether oxygens (including phenoxy) is 1. The summed E-state index contributed by atoms with van der Waals surface area (Å²) in [5, 5.41) is 22.3. The molecule has 0 radical (unpaired) electrons. The first-order chi connectivity index (χ1) is 18.8. The minimum atomic E-state index is -1.10. The Morgan fingerprint density at radius 2 is 1.13 bits per heavy atom. The van der Waals surface area contributed by atoms with E-state index in [0.717, 1.165) is 91.1 Å². The number of unbranched alkanes of at least 4 members (excludes halogenated alkanes) is 4. The Hall–Kier alpha value is -0.930. The highest BCUT2D eigenvalue weighted by atomic mass is 16.6. The predicted octanol–water partition coefficient (Wildman–Crippen LogP) is -1.67. The number of carbonyl (C=O) groups is 1. The van der Waals surface area contributed by atoms with Crippen molar-refractivity contribution >= 4 is 5.97 Å². The van der Waals surface area contributed by atoms with Crippen LogP contribution in [-0.2, 0) is 9.53 Å². The summed E-state index contributed by atoms with van der Waals surface area (Å²) >= 11 is 0. The van der Waals surface area contributed by atoms with E-state index in [0.29, 0.717) is 26.2 Å². The van der Waals surface area contributed by atoms with Crippen LogP contribution >= 0.6 is 0 Å². The molecule has 0 fully saturated rings. The molecule has 39 heavy (non-hydrogen) atoms. The summed E-state index contributed by atoms with van der Waals surface area (Å²) in [6.45, 7) is 15.0. The second-order valence-electron chi connectivity index (χ2n) is 10.4. The van der Waals surface area contributed by atoms with E-state index in [1.807, 2.05) is 0 Å². The van der Waals surface area contributed by atoms with Crippen molar-refractivity contribution in [3.63, 3.8) is 0 Å². The van der Waals surface area contributed by atoms with Gasteiger partial charge < -0.3 is 53.0 Å². The Kier molecular flexibility index (Phi) is 25.4. The highest BCUT2D eigenvalue weighted by Gasteiger charge is 2.22. The summed E-state index contributed by atoms with van der Waals surface area (Å²) in [5.74, 6) is -0.450. The lowest BCUT2D eigenvalue weighted by Crippen LogP contribution is -2.41. The summed E-state index contributed by atoms with van der Waals surface area (Å²) in [5.41, 5.74) is 23.0. The van der Waals surface area contributed by atoms with Gasteiger partial charge >= 0.3 is 5.97 Å². The normalized spacial score (nSPS) is 14.3. The first-order valence-corrected chi connectivity index (χ1v) is 15.0. The number of nitrogens with two attached hydrogens (primary N) is 4. The fourth-order valence-corrected chi connectivity index (χ4v) is 4.48. The van der Waals surface area contributed by atoms with E-state index < -0.39 is 24.3 Å². The minimum Gasteiger partial charge on any atom is -0.459 e. The van der Waals surface area contributed by atoms with Crippen LogP contribution in [0.25, 0.3) is 0 Å². The van der Waals surface area contributed by atoms with Crippen LogP contribution in [0.1, 0.15) is 52.4 Å². The average molecular weight is 563 g/mol. The average Bonchev–Trinajstić information content (AvgIpc) is 2.90. The number of hydrogen-bond acceptors (Lipinski definition) is 12. The largest absolute Gasteiger partial charge is 0.459 e. The number of nitrogens with zero attached hydrogens (tertiary/aromatic N) is 3. The van der Waals surface area contributed by atoms with Gasteiger partial charge in [0.1, 0.15) is 12.2 Å². The molecule has 0 rings (SSSR count). The molecule has 234 valence electrons. The maximum atomic E-state index is 12.0. The van der Waals surface area contributed by atoms with Gasteiger partial charge in [-0.3, -0.25) is 9.69 Å². The Balaban J connectivity index is 4.34. The van der Waals surface area contributed by atoms with Gasteiger partial charge in [-0.15, -0.1) is 0 Å². The van der Waals surface area contributed by atoms with E-state index in [1.165, 1.54) is 19.8 Å². The zero-order valence-electron chi connectivity index (χ0n) is 24.9. The van der Waals surface area contributed by atoms with E-state index in [2.05, 4.69) is 20.0 Å². The fraction of sp³-hybridized carbons (Fsp3) is 0.963. The van der Waals surface area contributed by atoms with Gasteiger partial charge in [0.2, 0.25) is 0 Å². The molecule has 0 aromatic rings. The topological polar surface area (TPSA) is 193 Å². The summed E-state index contributed by atoms with van der Waals surface area (Å²) in [6, 6.07) is 0. The Morgan fingerprint density at radius 1 is 0.667 bits per heavy atom. The number of hydrogen-bond donors (Lipinski definition) is 7. The van der Waals surface area contributed by atoms with Crippen LogP contribution in [0.15, 0.2) is 0 Å². The zero-order valence-corrected chi connectivity index (χ0v) is 24.9. The van der Waals surface area contributed by atoms with Gasteiger partial charge in [0.05, 0.1) is 12.6 Å². The van der Waals surface area contributed by atoms with E-state index in [-0.39, 0.29) is 6.54 Å². The van der Waals surface area contributed by atoms with Crippen molar-refractivity contribution in [2.24, 2.45) is 22.9 Å². The molecule has 0 aliphatic heterocycles. The van der Waals surface area contributed by atoms with Gasteiger partial charge in [0.25, 0.3) is 0 Å². The van der Waals surface area contributed by atoms with Crippen molar-refractivity contribution in [3.8, 4) is 0 Å². The fourth-order valence-electron chi connectivity index (χ4n) is 4.48. The maximum absolute atomic E-state index is 12.0. The van der Waals surface area contributed by atoms with Crippen LogP contribution in [0.5, 0.6) is 0 Å². The first-order valence-electron chi connectivity index (χ1n) is 15.0. The minimum absolute atomic E-state index is 0.0580. The lowest BCUT2D eigenvalue weighted by Gasteiger charge is -2.27. The molecule has 0 spiro atoms. The summed E-state index contributed by atoms with van der Waals surface area (Å²) in [6.07, 6.45) is 4.03. The monoisotopic (exact) mass is 562 g/mol. The molecule has 0 saturated carbocycles. The van der Waals surface area contributed by atoms with Gasteiger partial charge in [-0.1, -0.05) is 12.8 Å². The smallest absolute Gasteiger partial charge is 0.320 e. The van der Waals surface area contributed by atoms with E-state index in [4.69, 9.17) is 27.7 Å². The van der Waals surface area contributed by atoms with Crippen LogP contribution in [0.3, 0.4) is 0 Å². The summed E-state index contributed by atoms with van der Waals surface area (Å²) in [4.78, 5) is 19.2. The van der Waals surface area contributed by atoms with Crippen LogP contribution < -0.4 is 28.3 Å². The predicted molar refractivity (Wildman–Crippen MR) is 159 cm³/mol. The van der Waals surface area contributed by atoms with Crippen molar-refractivity contribution in [1.82, 2.24) is 20.0 Å². The van der Waals surface area contributed by atoms with E-state index >= 15 is 0 Å². The highest BCUT2D eigenvalue weighted by molar-refractivity contribution is 5.71. The van der Waals surface area contributed by atoms with Gasteiger partial charge in [-0.25, -0.2) is 0 Å². The van der Waals surface area contributed by atoms with Gasteiger partial charge in [0.15, 0.2) is 0 Å². The van der Waals surface area contributed by atoms with Gasteiger partial charge in [-0.2, -0.15) is 0 Å². The van der Waals surface area contributed by atoms with Crippen LogP contribution in [0.2, 0.25) is 0 Å². The first kappa shape index (κ1) is 38.1. The van der Waals surface area contributed by atoms with Crippen molar-refractivity contribution in [1.29, 1.82) is 0 Å². The summed E-state index contributed by atoms with van der Waals surface area (Å²) < 4.78 is 5.16. The molecule has 0 saturated heterocycles. The number of rotatable bonds is 28. The molecule has 0 heterocycles. The molecule has 0 aliphatic rings. The number of esters is 1. The molecule has 0 bridgehead atoms. The van der Waals surface area contributed by atoms with Gasteiger partial charge in [-0.05, 0) is 65.7 Å². The second-order valence-corrected chi connectivity index (χ2v) is 10.4. The molecule has 0 aromatic heterocycles. The number of aliphatic hydroxyl groups is 2. The van der Waals surface area contributed by atoms with Crippen molar-refractivity contribution in [3.05, 3.63) is 0 Å². The van der Waals surface area contributed by atoms with Crippen LogP contribution in [0.4, 0.5) is 0 Å². The number of aliphatic hydroxyl groups excluding tert-OH is 2. The molecule has 3 atom stereocenters. The van der Waals surface area contributed by atoms with E-state index in [9.17, 15) is 15.0 Å². The third kappa shape index (κ3) is 21.5. The second kappa shape index (κ2) is 26.0. The molecular formula is C27H62N8O4. The molecule has 0 aromatic carbocycles. The molecule has 0 unspecified atom stereocenters. The molecule has 12 nitrogen and oxygen atoms in total.